The summed E-state index contributed by atoms with van der Waals surface area (Å²) in [5.74, 6) is 0.896. The van der Waals surface area contributed by atoms with Gasteiger partial charge < -0.3 is 24.4 Å². The normalized spacial score (nSPS) is 14.4. The molecular formula is C26H34ClN3O5. The predicted molar refractivity (Wildman–Crippen MR) is 135 cm³/mol. The maximum absolute atomic E-state index is 12.8. The highest BCUT2D eigenvalue weighted by Gasteiger charge is 2.22. The molecular weight excluding hydrogens is 470 g/mol. The highest BCUT2D eigenvalue weighted by molar-refractivity contribution is 6.30. The summed E-state index contributed by atoms with van der Waals surface area (Å²) < 4.78 is 16.5. The molecule has 0 spiro atoms. The molecule has 1 saturated heterocycles. The van der Waals surface area contributed by atoms with Gasteiger partial charge in [-0.15, -0.1) is 0 Å². The van der Waals surface area contributed by atoms with Gasteiger partial charge in [-0.3, -0.25) is 9.69 Å². The Labute approximate surface area is 212 Å². The van der Waals surface area contributed by atoms with Gasteiger partial charge in [0.2, 0.25) is 0 Å². The molecule has 2 aromatic rings. The van der Waals surface area contributed by atoms with E-state index in [1.807, 2.05) is 56.0 Å². The summed E-state index contributed by atoms with van der Waals surface area (Å²) in [4.78, 5) is 28.8. The fourth-order valence-corrected chi connectivity index (χ4v) is 3.79. The van der Waals surface area contributed by atoms with E-state index in [1.165, 1.54) is 5.56 Å². The molecule has 0 atom stereocenters. The highest BCUT2D eigenvalue weighted by Crippen LogP contribution is 2.28. The van der Waals surface area contributed by atoms with E-state index in [0.29, 0.717) is 24.6 Å². The van der Waals surface area contributed by atoms with E-state index in [-0.39, 0.29) is 19.1 Å². The third-order valence-electron chi connectivity index (χ3n) is 5.46. The lowest BCUT2D eigenvalue weighted by atomic mass is 10.2. The Morgan fingerprint density at radius 2 is 1.63 bits per heavy atom. The zero-order valence-corrected chi connectivity index (χ0v) is 21.6. The first kappa shape index (κ1) is 26.6. The van der Waals surface area contributed by atoms with Crippen molar-refractivity contribution >= 4 is 23.6 Å². The molecule has 1 fully saturated rings. The molecule has 9 heteroatoms. The molecule has 0 saturated carbocycles. The van der Waals surface area contributed by atoms with Gasteiger partial charge in [0.05, 0.1) is 7.11 Å². The van der Waals surface area contributed by atoms with Crippen LogP contribution in [0.25, 0.3) is 0 Å². The SMILES string of the molecule is COc1ccc(CNC(=O)OC(C)(C)C)cc1OCC(=O)N1CCN(Cc2ccc(Cl)cc2)CC1. The van der Waals surface area contributed by atoms with Crippen LogP contribution in [0.5, 0.6) is 11.5 Å². The zero-order valence-electron chi connectivity index (χ0n) is 20.8. The van der Waals surface area contributed by atoms with Crippen LogP contribution in [-0.4, -0.2) is 67.3 Å². The Kier molecular flexibility index (Phi) is 9.23. The predicted octanol–water partition coefficient (Wildman–Crippen LogP) is 4.10. The number of amides is 2. The molecule has 8 nitrogen and oxygen atoms in total. The van der Waals surface area contributed by atoms with Crippen LogP contribution < -0.4 is 14.8 Å². The van der Waals surface area contributed by atoms with Crippen LogP contribution in [0.2, 0.25) is 5.02 Å². The second-order valence-electron chi connectivity index (χ2n) is 9.41. The minimum absolute atomic E-state index is 0.0736. The van der Waals surface area contributed by atoms with Gasteiger partial charge >= 0.3 is 6.09 Å². The van der Waals surface area contributed by atoms with Crippen molar-refractivity contribution in [1.29, 1.82) is 0 Å². The second kappa shape index (κ2) is 12.1. The smallest absolute Gasteiger partial charge is 0.407 e. The van der Waals surface area contributed by atoms with Crippen LogP contribution in [0.4, 0.5) is 4.79 Å². The largest absolute Gasteiger partial charge is 0.493 e. The number of nitrogens with one attached hydrogen (secondary N) is 1. The molecule has 0 aromatic heterocycles. The average Bonchev–Trinajstić information content (AvgIpc) is 2.82. The van der Waals surface area contributed by atoms with Crippen molar-refractivity contribution in [2.45, 2.75) is 39.5 Å². The fraction of sp³-hybridized carbons (Fsp3) is 0.462. The molecule has 1 heterocycles. The molecule has 3 rings (SSSR count). The molecule has 0 aliphatic carbocycles. The number of ether oxygens (including phenoxy) is 3. The number of methoxy groups -OCH3 is 1. The molecule has 1 aliphatic rings. The number of hydrogen-bond donors (Lipinski definition) is 1. The Morgan fingerprint density at radius 3 is 2.26 bits per heavy atom. The van der Waals surface area contributed by atoms with Gasteiger partial charge in [-0.2, -0.15) is 0 Å². The summed E-state index contributed by atoms with van der Waals surface area (Å²) in [7, 11) is 1.54. The molecule has 0 radical (unpaired) electrons. The fourth-order valence-electron chi connectivity index (χ4n) is 3.67. The summed E-state index contributed by atoms with van der Waals surface area (Å²) in [6.07, 6.45) is -0.499. The van der Waals surface area contributed by atoms with Crippen LogP contribution in [0.1, 0.15) is 31.9 Å². The van der Waals surface area contributed by atoms with Gasteiger partial charge in [-0.25, -0.2) is 4.79 Å². The maximum Gasteiger partial charge on any atom is 0.407 e. The maximum atomic E-state index is 12.8. The Morgan fingerprint density at radius 1 is 0.971 bits per heavy atom. The monoisotopic (exact) mass is 503 g/mol. The van der Waals surface area contributed by atoms with Crippen molar-refractivity contribution in [3.05, 3.63) is 58.6 Å². The number of halogens is 1. The van der Waals surface area contributed by atoms with Crippen molar-refractivity contribution in [1.82, 2.24) is 15.1 Å². The molecule has 35 heavy (non-hydrogen) atoms. The summed E-state index contributed by atoms with van der Waals surface area (Å²) in [6, 6.07) is 13.2. The molecule has 190 valence electrons. The molecule has 0 unspecified atom stereocenters. The molecule has 2 amide bonds. The van der Waals surface area contributed by atoms with E-state index in [2.05, 4.69) is 10.2 Å². The van der Waals surface area contributed by atoms with E-state index >= 15 is 0 Å². The number of hydrogen-bond acceptors (Lipinski definition) is 6. The van der Waals surface area contributed by atoms with E-state index < -0.39 is 11.7 Å². The van der Waals surface area contributed by atoms with Crippen LogP contribution in [0, 0.1) is 0 Å². The van der Waals surface area contributed by atoms with Crippen LogP contribution in [-0.2, 0) is 22.6 Å². The van der Waals surface area contributed by atoms with Crippen molar-refractivity contribution < 1.29 is 23.8 Å². The molecule has 1 N–H and O–H groups in total. The summed E-state index contributed by atoms with van der Waals surface area (Å²) >= 11 is 5.96. The van der Waals surface area contributed by atoms with Gasteiger partial charge in [0.1, 0.15) is 5.60 Å². The zero-order chi connectivity index (χ0) is 25.4. The highest BCUT2D eigenvalue weighted by atomic mass is 35.5. The van der Waals surface area contributed by atoms with Gasteiger partial charge in [-0.05, 0) is 56.2 Å². The lowest BCUT2D eigenvalue weighted by Gasteiger charge is -2.34. The van der Waals surface area contributed by atoms with Gasteiger partial charge in [-0.1, -0.05) is 29.8 Å². The number of carbonyl (C=O) groups excluding carboxylic acids is 2. The third-order valence-corrected chi connectivity index (χ3v) is 5.71. The van der Waals surface area contributed by atoms with Gasteiger partial charge in [0, 0.05) is 44.3 Å². The first-order valence-electron chi connectivity index (χ1n) is 11.6. The van der Waals surface area contributed by atoms with Gasteiger partial charge in [0.15, 0.2) is 18.1 Å². The minimum Gasteiger partial charge on any atom is -0.493 e. The van der Waals surface area contributed by atoms with Gasteiger partial charge in [0.25, 0.3) is 5.91 Å². The van der Waals surface area contributed by atoms with Crippen LogP contribution >= 0.6 is 11.6 Å². The number of piperazine rings is 1. The number of alkyl carbamates (subject to hydrolysis) is 1. The van der Waals surface area contributed by atoms with Crippen molar-refractivity contribution in [2.24, 2.45) is 0 Å². The minimum atomic E-state index is -0.569. The number of benzene rings is 2. The third kappa shape index (κ3) is 8.64. The first-order chi connectivity index (χ1) is 16.6. The Balaban J connectivity index is 1.48. The van der Waals surface area contributed by atoms with E-state index in [4.69, 9.17) is 25.8 Å². The van der Waals surface area contributed by atoms with E-state index in [0.717, 1.165) is 30.2 Å². The lowest BCUT2D eigenvalue weighted by Crippen LogP contribution is -2.49. The summed E-state index contributed by atoms with van der Waals surface area (Å²) in [5.41, 5.74) is 1.43. The summed E-state index contributed by atoms with van der Waals surface area (Å²) in [5, 5.41) is 3.44. The number of carbonyl (C=O) groups is 2. The second-order valence-corrected chi connectivity index (χ2v) is 9.85. The molecule has 2 aromatic carbocycles. The first-order valence-corrected chi connectivity index (χ1v) is 12.0. The van der Waals surface area contributed by atoms with Crippen molar-refractivity contribution in [3.63, 3.8) is 0 Å². The topological polar surface area (TPSA) is 80.3 Å². The average molecular weight is 504 g/mol. The van der Waals surface area contributed by atoms with Crippen molar-refractivity contribution in [2.75, 3.05) is 39.9 Å². The number of rotatable bonds is 8. The van der Waals surface area contributed by atoms with Crippen molar-refractivity contribution in [3.8, 4) is 11.5 Å². The lowest BCUT2D eigenvalue weighted by molar-refractivity contribution is -0.135. The van der Waals surface area contributed by atoms with Crippen LogP contribution in [0.15, 0.2) is 42.5 Å². The quantitative estimate of drug-likeness (QED) is 0.584. The van der Waals surface area contributed by atoms with E-state index in [1.54, 1.807) is 19.2 Å². The Bertz CT molecular complexity index is 999. The standard InChI is InChI=1S/C26H34ClN3O5/c1-26(2,3)35-25(32)28-16-20-7-10-22(33-4)23(15-20)34-18-24(31)30-13-11-29(12-14-30)17-19-5-8-21(27)9-6-19/h5-10,15H,11-14,16-18H2,1-4H3,(H,28,32). The molecule has 0 bridgehead atoms. The Hall–Kier alpha value is -2.97. The number of nitrogens with zero attached hydrogens (tertiary/aromatic N) is 2. The van der Waals surface area contributed by atoms with Crippen LogP contribution in [0.3, 0.4) is 0 Å². The molecule has 1 aliphatic heterocycles. The summed E-state index contributed by atoms with van der Waals surface area (Å²) in [6.45, 7) is 9.31. The van der Waals surface area contributed by atoms with E-state index in [9.17, 15) is 9.59 Å².